The molecule has 1 aromatic heterocycles. The molecule has 2 nitrogen and oxygen atoms in total. The van der Waals surface area contributed by atoms with Gasteiger partial charge in [-0.3, -0.25) is 0 Å². The zero-order chi connectivity index (χ0) is 17.4. The Kier molecular flexibility index (Phi) is 4.56. The van der Waals surface area contributed by atoms with E-state index in [1.165, 1.54) is 6.07 Å². The first-order chi connectivity index (χ1) is 12.1. The standard InChI is InChI=1S/C19H16ClFN2S2/c1-13-22-8-9-23(13)18-7-6-14(20)12-16(18)19(24-10-11-25-19)15-4-2-3-5-17(15)21/h2-9,12H,10-11H2,1H3. The van der Waals surface area contributed by atoms with E-state index >= 15 is 0 Å². The molecule has 0 unspecified atom stereocenters. The molecule has 1 aliphatic rings. The molecule has 0 radical (unpaired) electrons. The summed E-state index contributed by atoms with van der Waals surface area (Å²) in [5.41, 5.74) is 2.70. The van der Waals surface area contributed by atoms with Gasteiger partial charge in [0, 0.05) is 40.0 Å². The first-order valence-corrected chi connectivity index (χ1v) is 10.3. The van der Waals surface area contributed by atoms with Gasteiger partial charge in [0.15, 0.2) is 0 Å². The van der Waals surface area contributed by atoms with Crippen LogP contribution in [0.15, 0.2) is 54.9 Å². The highest BCUT2D eigenvalue weighted by atomic mass is 35.5. The number of imidazole rings is 1. The molecule has 0 N–H and O–H groups in total. The van der Waals surface area contributed by atoms with Gasteiger partial charge in [0.25, 0.3) is 0 Å². The lowest BCUT2D eigenvalue weighted by Crippen LogP contribution is -2.21. The second kappa shape index (κ2) is 6.71. The van der Waals surface area contributed by atoms with E-state index < -0.39 is 4.08 Å². The van der Waals surface area contributed by atoms with E-state index in [9.17, 15) is 4.39 Å². The lowest BCUT2D eigenvalue weighted by Gasteiger charge is -2.31. The number of hydrogen-bond donors (Lipinski definition) is 0. The fraction of sp³-hybridized carbons (Fsp3) is 0.211. The Balaban J connectivity index is 2.00. The number of aromatic nitrogens is 2. The Morgan fingerprint density at radius 3 is 2.56 bits per heavy atom. The van der Waals surface area contributed by atoms with Crippen molar-refractivity contribution in [2.24, 2.45) is 0 Å². The van der Waals surface area contributed by atoms with Gasteiger partial charge in [0.05, 0.1) is 5.69 Å². The molecule has 4 rings (SSSR count). The van der Waals surface area contributed by atoms with Crippen molar-refractivity contribution in [1.29, 1.82) is 0 Å². The van der Waals surface area contributed by atoms with E-state index in [2.05, 4.69) is 4.98 Å². The van der Waals surface area contributed by atoms with Crippen molar-refractivity contribution in [2.45, 2.75) is 11.0 Å². The second-order valence-corrected chi connectivity index (χ2v) is 9.11. The van der Waals surface area contributed by atoms with Crippen molar-refractivity contribution >= 4 is 35.1 Å². The summed E-state index contributed by atoms with van der Waals surface area (Å²) in [7, 11) is 0. The van der Waals surface area contributed by atoms with Gasteiger partial charge in [-0.25, -0.2) is 9.37 Å². The molecule has 3 aromatic rings. The van der Waals surface area contributed by atoms with Crippen LogP contribution in [0.2, 0.25) is 5.02 Å². The maximum absolute atomic E-state index is 14.7. The Morgan fingerprint density at radius 2 is 1.88 bits per heavy atom. The highest BCUT2D eigenvalue weighted by molar-refractivity contribution is 8.20. The van der Waals surface area contributed by atoms with E-state index in [4.69, 9.17) is 11.6 Å². The number of nitrogens with zero attached hydrogens (tertiary/aromatic N) is 2. The molecular formula is C19H16ClFN2S2. The molecule has 128 valence electrons. The van der Waals surface area contributed by atoms with Crippen LogP contribution in [0.25, 0.3) is 5.69 Å². The van der Waals surface area contributed by atoms with Gasteiger partial charge in [-0.05, 0) is 31.2 Å². The van der Waals surface area contributed by atoms with Crippen LogP contribution in [0.3, 0.4) is 0 Å². The normalized spacial score (nSPS) is 16.3. The summed E-state index contributed by atoms with van der Waals surface area (Å²) < 4.78 is 16.3. The van der Waals surface area contributed by atoms with Crippen LogP contribution in [0.1, 0.15) is 17.0 Å². The van der Waals surface area contributed by atoms with Crippen LogP contribution < -0.4 is 0 Å². The zero-order valence-corrected chi connectivity index (χ0v) is 16.0. The first kappa shape index (κ1) is 17.0. The Bertz CT molecular complexity index is 919. The van der Waals surface area contributed by atoms with Gasteiger partial charge in [0.2, 0.25) is 0 Å². The van der Waals surface area contributed by atoms with Crippen LogP contribution in [-0.2, 0) is 4.08 Å². The summed E-state index contributed by atoms with van der Waals surface area (Å²) in [6.45, 7) is 1.96. The number of thioether (sulfide) groups is 2. The summed E-state index contributed by atoms with van der Waals surface area (Å²) in [5, 5.41) is 0.653. The third-order valence-electron chi connectivity index (χ3n) is 4.32. The van der Waals surface area contributed by atoms with Gasteiger partial charge < -0.3 is 4.57 Å². The average Bonchev–Trinajstić information content (AvgIpc) is 3.25. The third-order valence-corrected chi connectivity index (χ3v) is 8.03. The maximum Gasteiger partial charge on any atom is 0.129 e. The molecule has 0 aliphatic carbocycles. The summed E-state index contributed by atoms with van der Waals surface area (Å²) in [6, 6.07) is 12.9. The van der Waals surface area contributed by atoms with E-state index in [0.717, 1.165) is 28.6 Å². The topological polar surface area (TPSA) is 17.8 Å². The Labute approximate surface area is 159 Å². The van der Waals surface area contributed by atoms with Crippen LogP contribution in [0.5, 0.6) is 0 Å². The SMILES string of the molecule is Cc1nccn1-c1ccc(Cl)cc1C1(c2ccccc2F)SCCS1. The number of rotatable bonds is 3. The smallest absolute Gasteiger partial charge is 0.129 e. The van der Waals surface area contributed by atoms with Crippen molar-refractivity contribution in [3.05, 3.63) is 82.6 Å². The number of aryl methyl sites for hydroxylation is 1. The summed E-state index contributed by atoms with van der Waals surface area (Å²) in [6.07, 6.45) is 3.71. The molecule has 0 saturated carbocycles. The third kappa shape index (κ3) is 2.88. The van der Waals surface area contributed by atoms with Crippen LogP contribution in [0, 0.1) is 12.7 Å². The predicted octanol–water partition coefficient (Wildman–Crippen LogP) is 5.65. The predicted molar refractivity (Wildman–Crippen MR) is 105 cm³/mol. The van der Waals surface area contributed by atoms with Gasteiger partial charge in [-0.1, -0.05) is 29.8 Å². The van der Waals surface area contributed by atoms with Crippen LogP contribution in [0.4, 0.5) is 4.39 Å². The van der Waals surface area contributed by atoms with Crippen molar-refractivity contribution in [2.75, 3.05) is 11.5 Å². The highest BCUT2D eigenvalue weighted by Crippen LogP contribution is 2.58. The Morgan fingerprint density at radius 1 is 1.12 bits per heavy atom. The molecule has 1 fully saturated rings. The maximum atomic E-state index is 14.7. The largest absolute Gasteiger partial charge is 0.304 e. The highest BCUT2D eigenvalue weighted by Gasteiger charge is 2.43. The molecule has 0 spiro atoms. The molecule has 25 heavy (non-hydrogen) atoms. The minimum Gasteiger partial charge on any atom is -0.304 e. The van der Waals surface area contributed by atoms with Gasteiger partial charge in [-0.15, -0.1) is 23.5 Å². The Hall–Kier alpha value is -1.43. The summed E-state index contributed by atoms with van der Waals surface area (Å²) in [4.78, 5) is 4.34. The molecule has 1 aliphatic heterocycles. The molecule has 2 heterocycles. The van der Waals surface area contributed by atoms with E-state index in [0.29, 0.717) is 10.6 Å². The number of hydrogen-bond acceptors (Lipinski definition) is 3. The lowest BCUT2D eigenvalue weighted by atomic mass is 10.0. The molecule has 6 heteroatoms. The number of benzene rings is 2. The van der Waals surface area contributed by atoms with E-state index in [1.54, 1.807) is 35.8 Å². The fourth-order valence-corrected chi connectivity index (χ4v) is 6.74. The first-order valence-electron chi connectivity index (χ1n) is 7.95. The second-order valence-electron chi connectivity index (χ2n) is 5.80. The monoisotopic (exact) mass is 390 g/mol. The minimum absolute atomic E-state index is 0.183. The van der Waals surface area contributed by atoms with Gasteiger partial charge in [0.1, 0.15) is 15.7 Å². The van der Waals surface area contributed by atoms with Gasteiger partial charge in [-0.2, -0.15) is 0 Å². The van der Waals surface area contributed by atoms with E-state index in [1.807, 2.05) is 48.0 Å². The lowest BCUT2D eigenvalue weighted by molar-refractivity contribution is 0.609. The summed E-state index contributed by atoms with van der Waals surface area (Å²) in [5.74, 6) is 2.64. The number of halogens is 2. The van der Waals surface area contributed by atoms with Crippen LogP contribution in [-0.4, -0.2) is 21.1 Å². The average molecular weight is 391 g/mol. The van der Waals surface area contributed by atoms with Crippen molar-refractivity contribution < 1.29 is 4.39 Å². The molecular weight excluding hydrogens is 375 g/mol. The van der Waals surface area contributed by atoms with Crippen molar-refractivity contribution in [3.63, 3.8) is 0 Å². The molecule has 2 aromatic carbocycles. The van der Waals surface area contributed by atoms with Crippen molar-refractivity contribution in [1.82, 2.24) is 9.55 Å². The van der Waals surface area contributed by atoms with Crippen LogP contribution >= 0.6 is 35.1 Å². The van der Waals surface area contributed by atoms with Crippen molar-refractivity contribution in [3.8, 4) is 5.69 Å². The van der Waals surface area contributed by atoms with E-state index in [-0.39, 0.29) is 5.82 Å². The molecule has 0 bridgehead atoms. The molecule has 0 amide bonds. The fourth-order valence-electron chi connectivity index (χ4n) is 3.21. The quantitative estimate of drug-likeness (QED) is 0.575. The molecule has 1 saturated heterocycles. The molecule has 0 atom stereocenters. The zero-order valence-electron chi connectivity index (χ0n) is 13.6. The summed E-state index contributed by atoms with van der Waals surface area (Å²) >= 11 is 9.88. The van der Waals surface area contributed by atoms with Gasteiger partial charge >= 0.3 is 0 Å². The minimum atomic E-state index is -0.512.